The normalized spacial score (nSPS) is 17.7. The topological polar surface area (TPSA) is 103 Å². The first-order valence-corrected chi connectivity index (χ1v) is 24.7. The number of ether oxygens (including phenoxy) is 1. The van der Waals surface area contributed by atoms with Crippen LogP contribution in [0, 0.1) is 25.7 Å². The van der Waals surface area contributed by atoms with E-state index in [9.17, 15) is 4.79 Å². The molecule has 4 aliphatic rings. The number of nitrogens with one attached hydrogen (secondary N) is 1. The predicted molar refractivity (Wildman–Crippen MR) is 292 cm³/mol. The molecule has 0 saturated carbocycles. The minimum absolute atomic E-state index is 0. The van der Waals surface area contributed by atoms with Crippen molar-refractivity contribution < 1.29 is 9.53 Å². The van der Waals surface area contributed by atoms with E-state index >= 15 is 0 Å². The van der Waals surface area contributed by atoms with Crippen molar-refractivity contribution in [3.8, 4) is 0 Å². The second-order valence-electron chi connectivity index (χ2n) is 19.4. The van der Waals surface area contributed by atoms with Crippen LogP contribution in [0.15, 0.2) is 97.8 Å². The number of allylic oxidation sites excluding steroid dienone is 2. The molecule has 10 nitrogen and oxygen atoms in total. The van der Waals surface area contributed by atoms with Gasteiger partial charge in [-0.15, -0.1) is 37.2 Å². The quantitative estimate of drug-likeness (QED) is 0.162. The molecule has 1 N–H and O–H groups in total. The van der Waals surface area contributed by atoms with Crippen LogP contribution < -0.4 is 5.32 Å². The molecule has 10 rings (SSSR count). The fourth-order valence-electron chi connectivity index (χ4n) is 10.7. The Hall–Kier alpha value is -4.68. The third kappa shape index (κ3) is 12.5. The SMILES string of the molecule is Cc1nccn1CCC1=Cc2cc(Cl)ccc2C(C2CCN(C(=O)OC(C)(C)C)CC2)c2ncccc21.Cc1nccn1CCC1=Cc2cc(Cl)ccc2C(C2CCNCC2)c2ncccc21.Cl.Cl.Cl. The molecule has 2 aliphatic heterocycles. The summed E-state index contributed by atoms with van der Waals surface area (Å²) < 4.78 is 10.0. The molecular formula is C55H65Cl5N8O2. The number of hydrogen-bond acceptors (Lipinski definition) is 7. The van der Waals surface area contributed by atoms with Crippen LogP contribution in [0.4, 0.5) is 4.79 Å². The summed E-state index contributed by atoms with van der Waals surface area (Å²) in [5.74, 6) is 3.44. The fraction of sp³-hybridized carbons (Fsp3) is 0.400. The molecule has 2 aromatic carbocycles. The number of carbonyl (C=O) groups is 1. The number of benzene rings is 2. The first kappa shape index (κ1) is 54.6. The van der Waals surface area contributed by atoms with E-state index < -0.39 is 5.60 Å². The molecule has 15 heteroatoms. The highest BCUT2D eigenvalue weighted by atomic mass is 35.5. The summed E-state index contributed by atoms with van der Waals surface area (Å²) in [4.78, 5) is 33.2. The van der Waals surface area contributed by atoms with Crippen molar-refractivity contribution in [2.24, 2.45) is 11.8 Å². The number of piperidine rings is 2. The molecule has 6 aromatic rings. The van der Waals surface area contributed by atoms with Crippen molar-refractivity contribution in [2.45, 2.75) is 104 Å². The molecule has 2 fully saturated rings. The number of fused-ring (bicyclic) bond motifs is 4. The molecule has 2 aliphatic carbocycles. The Balaban J connectivity index is 0.000000224. The van der Waals surface area contributed by atoms with Gasteiger partial charge >= 0.3 is 6.09 Å². The maximum atomic E-state index is 12.7. The van der Waals surface area contributed by atoms with Crippen LogP contribution >= 0.6 is 60.4 Å². The molecule has 2 saturated heterocycles. The van der Waals surface area contributed by atoms with Gasteiger partial charge in [-0.3, -0.25) is 9.97 Å². The molecule has 2 unspecified atom stereocenters. The fourth-order valence-corrected chi connectivity index (χ4v) is 11.0. The van der Waals surface area contributed by atoms with Crippen LogP contribution in [0.3, 0.4) is 0 Å². The Morgan fingerprint density at radius 3 is 1.54 bits per heavy atom. The molecule has 4 aromatic heterocycles. The van der Waals surface area contributed by atoms with Crippen molar-refractivity contribution in [1.29, 1.82) is 0 Å². The van der Waals surface area contributed by atoms with E-state index in [1.54, 1.807) is 0 Å². The van der Waals surface area contributed by atoms with Crippen molar-refractivity contribution >= 4 is 89.8 Å². The third-order valence-electron chi connectivity index (χ3n) is 14.0. The number of halogens is 5. The molecule has 6 heterocycles. The van der Waals surface area contributed by atoms with Crippen LogP contribution in [0.25, 0.3) is 23.3 Å². The van der Waals surface area contributed by atoms with Gasteiger partial charge in [0.05, 0.1) is 11.4 Å². The van der Waals surface area contributed by atoms with Crippen molar-refractivity contribution in [1.82, 2.24) is 39.3 Å². The monoisotopic (exact) mass is 1040 g/mol. The van der Waals surface area contributed by atoms with Gasteiger partial charge in [0.1, 0.15) is 17.2 Å². The third-order valence-corrected chi connectivity index (χ3v) is 14.5. The van der Waals surface area contributed by atoms with E-state index in [4.69, 9.17) is 37.9 Å². The maximum Gasteiger partial charge on any atom is 0.410 e. The van der Waals surface area contributed by atoms with Gasteiger partial charge in [0, 0.05) is 85.2 Å². The lowest BCUT2D eigenvalue weighted by Gasteiger charge is -2.37. The second kappa shape index (κ2) is 24.2. The Morgan fingerprint density at radius 1 is 0.657 bits per heavy atom. The van der Waals surface area contributed by atoms with Crippen molar-refractivity contribution in [3.63, 3.8) is 0 Å². The first-order valence-electron chi connectivity index (χ1n) is 23.9. The number of aryl methyl sites for hydroxylation is 4. The molecule has 372 valence electrons. The zero-order chi connectivity index (χ0) is 46.7. The number of aromatic nitrogens is 6. The van der Waals surface area contributed by atoms with Gasteiger partial charge in [0.2, 0.25) is 0 Å². The van der Waals surface area contributed by atoms with Crippen LogP contribution in [0.2, 0.25) is 10.0 Å². The summed E-state index contributed by atoms with van der Waals surface area (Å²) in [5.41, 5.74) is 11.9. The number of amides is 1. The van der Waals surface area contributed by atoms with Crippen LogP contribution in [-0.2, 0) is 17.8 Å². The van der Waals surface area contributed by atoms with E-state index in [2.05, 4.69) is 92.2 Å². The lowest BCUT2D eigenvalue weighted by Crippen LogP contribution is -2.42. The summed E-state index contributed by atoms with van der Waals surface area (Å²) in [5, 5.41) is 5.04. The number of rotatable bonds is 8. The minimum Gasteiger partial charge on any atom is -0.444 e. The molecule has 2 atom stereocenters. The van der Waals surface area contributed by atoms with Gasteiger partial charge in [-0.2, -0.15) is 0 Å². The molecule has 0 radical (unpaired) electrons. The highest BCUT2D eigenvalue weighted by Crippen LogP contribution is 2.47. The zero-order valence-corrected chi connectivity index (χ0v) is 44.6. The average Bonchev–Trinajstić information content (AvgIpc) is 3.87. The predicted octanol–water partition coefficient (Wildman–Crippen LogP) is 13.5. The Labute approximate surface area is 442 Å². The molecule has 70 heavy (non-hydrogen) atoms. The number of nitrogens with zero attached hydrogens (tertiary/aromatic N) is 7. The van der Waals surface area contributed by atoms with E-state index in [-0.39, 0.29) is 49.2 Å². The minimum atomic E-state index is -0.492. The van der Waals surface area contributed by atoms with E-state index in [1.165, 1.54) is 57.5 Å². The summed E-state index contributed by atoms with van der Waals surface area (Å²) in [6.07, 6.45) is 22.0. The van der Waals surface area contributed by atoms with E-state index in [0.29, 0.717) is 30.8 Å². The first-order chi connectivity index (χ1) is 32.4. The highest BCUT2D eigenvalue weighted by molar-refractivity contribution is 6.31. The van der Waals surface area contributed by atoms with Gasteiger partial charge in [-0.25, -0.2) is 14.8 Å². The Kier molecular flexibility index (Phi) is 18.9. The van der Waals surface area contributed by atoms with Crippen molar-refractivity contribution in [3.05, 3.63) is 164 Å². The van der Waals surface area contributed by atoms with Gasteiger partial charge in [0.15, 0.2) is 0 Å². The number of hydrogen-bond donors (Lipinski definition) is 1. The van der Waals surface area contributed by atoms with Crippen LogP contribution in [0.5, 0.6) is 0 Å². The number of carbonyl (C=O) groups excluding carboxylic acids is 1. The lowest BCUT2D eigenvalue weighted by molar-refractivity contribution is 0.0178. The van der Waals surface area contributed by atoms with Gasteiger partial charge in [0.25, 0.3) is 0 Å². The molecule has 0 spiro atoms. The summed E-state index contributed by atoms with van der Waals surface area (Å²) in [6, 6.07) is 21.2. The summed E-state index contributed by atoms with van der Waals surface area (Å²) in [7, 11) is 0. The summed E-state index contributed by atoms with van der Waals surface area (Å²) >= 11 is 12.9. The van der Waals surface area contributed by atoms with Crippen LogP contribution in [-0.4, -0.2) is 71.8 Å². The van der Waals surface area contributed by atoms with E-state index in [1.807, 2.05) is 81.8 Å². The second-order valence-corrected chi connectivity index (χ2v) is 20.3. The smallest absolute Gasteiger partial charge is 0.410 e. The maximum absolute atomic E-state index is 12.7. The number of pyridine rings is 2. The number of imidazole rings is 2. The van der Waals surface area contributed by atoms with Gasteiger partial charge in [-0.05, 0) is 179 Å². The highest BCUT2D eigenvalue weighted by Gasteiger charge is 2.37. The van der Waals surface area contributed by atoms with Gasteiger partial charge in [-0.1, -0.05) is 59.6 Å². The largest absolute Gasteiger partial charge is 0.444 e. The lowest BCUT2D eigenvalue weighted by atomic mass is 9.76. The molecule has 1 amide bonds. The average molecular weight is 1050 g/mol. The molecular weight excluding hydrogens is 982 g/mol. The Morgan fingerprint density at radius 2 is 1.11 bits per heavy atom. The van der Waals surface area contributed by atoms with Gasteiger partial charge < -0.3 is 24.1 Å². The number of likely N-dealkylation sites (tertiary alicyclic amines) is 1. The van der Waals surface area contributed by atoms with Crippen LogP contribution in [0.1, 0.15) is 128 Å². The van der Waals surface area contributed by atoms with Crippen molar-refractivity contribution in [2.75, 3.05) is 26.2 Å². The Bertz CT molecular complexity index is 2780. The molecule has 0 bridgehead atoms. The summed E-state index contributed by atoms with van der Waals surface area (Å²) in [6.45, 7) is 15.1. The zero-order valence-electron chi connectivity index (χ0n) is 40.6. The van der Waals surface area contributed by atoms with E-state index in [0.717, 1.165) is 84.8 Å². The standard InChI is InChI=1S/C30H35ClN4O2.C25H27ClN4.3ClH/c1-20-32-13-17-34(20)14-11-22-18-23-19-24(31)7-8-25(23)27(28-26(22)6-5-12-33-28)21-9-15-35(16-10-21)29(36)37-30(2,3)4;1-17-28-12-14-30(17)13-8-19-15-20-16-21(26)4-5-22(20)24(18-6-10-27-11-7-18)25-23(19)3-2-9-29-25;;;/h5-8,12-13,17-19,21,27H,9-11,14-16H2,1-4H3;2-5,9,12,14-16,18,24,27H,6-8,10-11,13H2,1H3;3*1H.